The van der Waals surface area contributed by atoms with Crippen molar-refractivity contribution in [1.82, 2.24) is 0 Å². The second kappa shape index (κ2) is 5.26. The van der Waals surface area contributed by atoms with Crippen LogP contribution in [0.3, 0.4) is 0 Å². The van der Waals surface area contributed by atoms with Crippen LogP contribution in [-0.4, -0.2) is 17.8 Å². The van der Waals surface area contributed by atoms with Crippen molar-refractivity contribution in [2.75, 3.05) is 7.11 Å². The number of methoxy groups -OCH3 is 1. The lowest BCUT2D eigenvalue weighted by molar-refractivity contribution is -0.100. The highest BCUT2D eigenvalue weighted by atomic mass is 16.5. The lowest BCUT2D eigenvalue weighted by Crippen LogP contribution is -2.40. The highest BCUT2D eigenvalue weighted by Crippen LogP contribution is 2.43. The Hall–Kier alpha value is -0.860. The summed E-state index contributed by atoms with van der Waals surface area (Å²) in [4.78, 5) is 0. The van der Waals surface area contributed by atoms with Crippen molar-refractivity contribution in [2.24, 2.45) is 0 Å². The van der Waals surface area contributed by atoms with E-state index in [1.54, 1.807) is 7.11 Å². The van der Waals surface area contributed by atoms with Gasteiger partial charge in [-0.05, 0) is 74.8 Å². The minimum Gasteiger partial charge on any atom is -0.388 e. The normalized spacial score (nSPS) is 19.1. The van der Waals surface area contributed by atoms with Gasteiger partial charge in [-0.2, -0.15) is 0 Å². The van der Waals surface area contributed by atoms with Gasteiger partial charge in [0.1, 0.15) is 0 Å². The van der Waals surface area contributed by atoms with Gasteiger partial charge in [0, 0.05) is 13.5 Å². The third-order valence-corrected chi connectivity index (χ3v) is 5.02. The molecule has 0 aliphatic heterocycles. The number of benzene rings is 1. The van der Waals surface area contributed by atoms with Crippen molar-refractivity contribution < 1.29 is 9.84 Å². The maximum Gasteiger partial charge on any atom is 0.0822 e. The van der Waals surface area contributed by atoms with Crippen molar-refractivity contribution in [3.05, 3.63) is 33.9 Å². The Morgan fingerprint density at radius 1 is 1.16 bits per heavy atom. The third kappa shape index (κ3) is 2.56. The van der Waals surface area contributed by atoms with Gasteiger partial charge in [-0.15, -0.1) is 0 Å². The zero-order chi connectivity index (χ0) is 14.2. The monoisotopic (exact) mass is 262 g/mol. The number of hydrogen-bond donors (Lipinski definition) is 1. The first kappa shape index (κ1) is 14.5. The standard InChI is InChI=1S/C17H26O2/c1-11-9-12(2)14(4)16(13(11)3)15(18)10-17(19-5)7-6-8-17/h9,15,18H,6-8,10H2,1-5H3. The first-order valence-corrected chi connectivity index (χ1v) is 7.21. The summed E-state index contributed by atoms with van der Waals surface area (Å²) < 4.78 is 5.65. The number of aliphatic hydroxyl groups excluding tert-OH is 1. The predicted molar refractivity (Wildman–Crippen MR) is 78.6 cm³/mol. The molecule has 1 aliphatic carbocycles. The SMILES string of the molecule is COC1(CC(O)c2c(C)c(C)cc(C)c2C)CCC1. The molecule has 0 heterocycles. The van der Waals surface area contributed by atoms with Crippen molar-refractivity contribution >= 4 is 0 Å². The van der Waals surface area contributed by atoms with E-state index >= 15 is 0 Å². The Kier molecular flexibility index (Phi) is 4.03. The van der Waals surface area contributed by atoms with Crippen molar-refractivity contribution in [1.29, 1.82) is 0 Å². The Bertz CT molecular complexity index is 441. The zero-order valence-electron chi connectivity index (χ0n) is 12.8. The van der Waals surface area contributed by atoms with E-state index in [0.717, 1.165) is 18.4 Å². The van der Waals surface area contributed by atoms with E-state index in [1.807, 2.05) is 0 Å². The van der Waals surface area contributed by atoms with Gasteiger partial charge in [0.15, 0.2) is 0 Å². The molecule has 1 aromatic rings. The summed E-state index contributed by atoms with van der Waals surface area (Å²) in [6.45, 7) is 8.46. The highest BCUT2D eigenvalue weighted by Gasteiger charge is 2.39. The van der Waals surface area contributed by atoms with Gasteiger partial charge in [-0.3, -0.25) is 0 Å². The summed E-state index contributed by atoms with van der Waals surface area (Å²) in [6, 6.07) is 2.20. The molecule has 1 unspecified atom stereocenters. The fourth-order valence-electron chi connectivity index (χ4n) is 3.26. The first-order valence-electron chi connectivity index (χ1n) is 7.21. The van der Waals surface area contributed by atoms with Gasteiger partial charge in [0.2, 0.25) is 0 Å². The van der Waals surface area contributed by atoms with Crippen LogP contribution in [0, 0.1) is 27.7 Å². The molecular weight excluding hydrogens is 236 g/mol. The zero-order valence-corrected chi connectivity index (χ0v) is 12.8. The molecule has 1 aliphatic rings. The van der Waals surface area contributed by atoms with Gasteiger partial charge in [0.25, 0.3) is 0 Å². The second-order valence-electron chi connectivity index (χ2n) is 6.13. The summed E-state index contributed by atoms with van der Waals surface area (Å²) in [5, 5.41) is 10.7. The number of rotatable bonds is 4. The predicted octanol–water partition coefficient (Wildman–Crippen LogP) is 3.91. The molecule has 19 heavy (non-hydrogen) atoms. The Morgan fingerprint density at radius 3 is 2.05 bits per heavy atom. The number of ether oxygens (including phenoxy) is 1. The molecule has 1 aromatic carbocycles. The molecule has 1 saturated carbocycles. The summed E-state index contributed by atoms with van der Waals surface area (Å²) in [6.07, 6.45) is 3.66. The number of hydrogen-bond acceptors (Lipinski definition) is 2. The molecular formula is C17H26O2. The topological polar surface area (TPSA) is 29.5 Å². The van der Waals surface area contributed by atoms with Crippen LogP contribution in [0.15, 0.2) is 6.07 Å². The third-order valence-electron chi connectivity index (χ3n) is 5.02. The van der Waals surface area contributed by atoms with Gasteiger partial charge in [0.05, 0.1) is 11.7 Å². The van der Waals surface area contributed by atoms with E-state index < -0.39 is 6.10 Å². The van der Waals surface area contributed by atoms with Gasteiger partial charge in [-0.25, -0.2) is 0 Å². The van der Waals surface area contributed by atoms with Gasteiger partial charge in [-0.1, -0.05) is 6.07 Å². The molecule has 0 saturated heterocycles. The smallest absolute Gasteiger partial charge is 0.0822 e. The van der Waals surface area contributed by atoms with E-state index in [9.17, 15) is 5.11 Å². The van der Waals surface area contributed by atoms with Crippen molar-refractivity contribution in [3.63, 3.8) is 0 Å². The maximum atomic E-state index is 10.7. The summed E-state index contributed by atoms with van der Waals surface area (Å²) >= 11 is 0. The average Bonchev–Trinajstić information content (AvgIpc) is 2.32. The Morgan fingerprint density at radius 2 is 1.68 bits per heavy atom. The molecule has 2 rings (SSSR count). The summed E-state index contributed by atoms with van der Waals surface area (Å²) in [5.74, 6) is 0. The Balaban J connectivity index is 2.31. The number of aliphatic hydroxyl groups is 1. The highest BCUT2D eigenvalue weighted by molar-refractivity contribution is 5.45. The molecule has 1 atom stereocenters. The second-order valence-corrected chi connectivity index (χ2v) is 6.13. The summed E-state index contributed by atoms with van der Waals surface area (Å²) in [7, 11) is 1.77. The van der Waals surface area contributed by atoms with Gasteiger partial charge < -0.3 is 9.84 Å². The van der Waals surface area contributed by atoms with Crippen LogP contribution in [0.4, 0.5) is 0 Å². The molecule has 0 spiro atoms. The van der Waals surface area contributed by atoms with Crippen LogP contribution < -0.4 is 0 Å². The van der Waals surface area contributed by atoms with E-state index in [4.69, 9.17) is 4.74 Å². The van der Waals surface area contributed by atoms with Crippen molar-refractivity contribution in [2.45, 2.75) is 65.1 Å². The van der Waals surface area contributed by atoms with E-state index in [2.05, 4.69) is 33.8 Å². The minimum atomic E-state index is -0.418. The summed E-state index contributed by atoms with van der Waals surface area (Å²) in [5.41, 5.74) is 5.99. The van der Waals surface area contributed by atoms with Crippen LogP contribution in [0.2, 0.25) is 0 Å². The van der Waals surface area contributed by atoms with E-state index in [-0.39, 0.29) is 5.60 Å². The van der Waals surface area contributed by atoms with Crippen LogP contribution in [0.1, 0.15) is 59.6 Å². The van der Waals surface area contributed by atoms with Crippen LogP contribution in [0.25, 0.3) is 0 Å². The fraction of sp³-hybridized carbons (Fsp3) is 0.647. The largest absolute Gasteiger partial charge is 0.388 e. The van der Waals surface area contributed by atoms with Crippen LogP contribution in [-0.2, 0) is 4.74 Å². The van der Waals surface area contributed by atoms with Crippen LogP contribution in [0.5, 0.6) is 0 Å². The molecule has 0 aromatic heterocycles. The Labute approximate surface area is 116 Å². The quantitative estimate of drug-likeness (QED) is 0.891. The lowest BCUT2D eigenvalue weighted by atomic mass is 9.74. The van der Waals surface area contributed by atoms with Crippen molar-refractivity contribution in [3.8, 4) is 0 Å². The molecule has 106 valence electrons. The number of aryl methyl sites for hydroxylation is 2. The average molecular weight is 262 g/mol. The fourth-order valence-corrected chi connectivity index (χ4v) is 3.26. The lowest BCUT2D eigenvalue weighted by Gasteiger charge is -2.42. The molecule has 0 bridgehead atoms. The molecule has 1 fully saturated rings. The molecule has 1 N–H and O–H groups in total. The molecule has 2 heteroatoms. The molecule has 2 nitrogen and oxygen atoms in total. The van der Waals surface area contributed by atoms with E-state index in [1.165, 1.54) is 28.7 Å². The molecule has 0 radical (unpaired) electrons. The minimum absolute atomic E-state index is 0.0874. The maximum absolute atomic E-state index is 10.7. The van der Waals surface area contributed by atoms with Gasteiger partial charge >= 0.3 is 0 Å². The van der Waals surface area contributed by atoms with E-state index in [0.29, 0.717) is 6.42 Å². The first-order chi connectivity index (χ1) is 8.90. The van der Waals surface area contributed by atoms with Crippen LogP contribution >= 0.6 is 0 Å². The molecule has 0 amide bonds.